The number of ether oxygens (including phenoxy) is 3. The van der Waals surface area contributed by atoms with Gasteiger partial charge < -0.3 is 19.1 Å². The first-order valence-electron chi connectivity index (χ1n) is 13.8. The molecule has 1 aromatic heterocycles. The molecular weight excluding hydrogens is 541 g/mol. The Morgan fingerprint density at radius 1 is 1.12 bits per heavy atom. The molecule has 2 saturated carbocycles. The molecule has 3 fully saturated rings. The van der Waals surface area contributed by atoms with Crippen molar-refractivity contribution in [2.75, 3.05) is 20.8 Å². The summed E-state index contributed by atoms with van der Waals surface area (Å²) in [6.45, 7) is 1.45. The first kappa shape index (κ1) is 29.1. The molecule has 1 saturated heterocycles. The molecule has 0 bridgehead atoms. The number of benzene rings is 1. The molecule has 0 N–H and O–H groups in total. The third-order valence-electron chi connectivity index (χ3n) is 8.87. The van der Waals surface area contributed by atoms with Gasteiger partial charge in [-0.1, -0.05) is 12.1 Å². The highest BCUT2D eigenvalue weighted by Gasteiger charge is 2.60. The molecule has 5 rings (SSSR count). The fourth-order valence-electron chi connectivity index (χ4n) is 6.69. The molecule has 2 aromatic rings. The minimum absolute atomic E-state index is 0.0133. The van der Waals surface area contributed by atoms with Crippen molar-refractivity contribution in [2.45, 2.75) is 81.4 Å². The van der Waals surface area contributed by atoms with E-state index < -0.39 is 36.3 Å². The van der Waals surface area contributed by atoms with Crippen LogP contribution in [0.1, 0.15) is 50.4 Å². The van der Waals surface area contributed by atoms with E-state index in [0.29, 0.717) is 17.2 Å². The lowest BCUT2D eigenvalue weighted by Gasteiger charge is -2.37. The van der Waals surface area contributed by atoms with Crippen molar-refractivity contribution in [1.29, 1.82) is 0 Å². The number of fused-ring (bicyclic) bond motifs is 1. The maximum atomic E-state index is 13.9. The highest BCUT2D eigenvalue weighted by molar-refractivity contribution is 5.82. The van der Waals surface area contributed by atoms with Gasteiger partial charge in [0.2, 0.25) is 0 Å². The van der Waals surface area contributed by atoms with Crippen LogP contribution in [0.2, 0.25) is 0 Å². The summed E-state index contributed by atoms with van der Waals surface area (Å²) in [5, 5.41) is 0. The number of carbonyl (C=O) groups excluding carboxylic acids is 2. The van der Waals surface area contributed by atoms with Crippen molar-refractivity contribution in [3.8, 4) is 5.75 Å². The number of likely N-dealkylation sites (tertiary alicyclic amines) is 1. The van der Waals surface area contributed by atoms with Gasteiger partial charge in [0.05, 0.1) is 39.0 Å². The van der Waals surface area contributed by atoms with Crippen LogP contribution in [0.15, 0.2) is 42.7 Å². The van der Waals surface area contributed by atoms with Crippen molar-refractivity contribution in [1.82, 2.24) is 19.8 Å². The minimum Gasteiger partial charge on any atom is -0.497 e. The molecular formula is C29H35F3N4O5. The summed E-state index contributed by atoms with van der Waals surface area (Å²) in [6.07, 6.45) is 1.14. The summed E-state index contributed by atoms with van der Waals surface area (Å²) in [5.74, 6) is -0.182. The second kappa shape index (κ2) is 11.5. The number of carbonyl (C=O) groups is 2. The zero-order valence-electron chi connectivity index (χ0n) is 23.3. The zero-order valence-corrected chi connectivity index (χ0v) is 23.3. The molecule has 9 nitrogen and oxygen atoms in total. The Morgan fingerprint density at radius 3 is 2.44 bits per heavy atom. The van der Waals surface area contributed by atoms with Gasteiger partial charge in [-0.05, 0) is 68.7 Å². The molecule has 2 amide bonds. The average molecular weight is 577 g/mol. The average Bonchev–Trinajstić information content (AvgIpc) is 3.63. The summed E-state index contributed by atoms with van der Waals surface area (Å²) in [7, 11) is 2.72. The molecule has 2 heterocycles. The smallest absolute Gasteiger partial charge is 0.471 e. The summed E-state index contributed by atoms with van der Waals surface area (Å²) >= 11 is 0. The predicted octanol–water partition coefficient (Wildman–Crippen LogP) is 4.50. The second-order valence-electron chi connectivity index (χ2n) is 11.2. The monoisotopic (exact) mass is 576 g/mol. The summed E-state index contributed by atoms with van der Waals surface area (Å²) < 4.78 is 58.0. The quantitative estimate of drug-likeness (QED) is 0.457. The van der Waals surface area contributed by atoms with E-state index >= 15 is 0 Å². The van der Waals surface area contributed by atoms with Crippen molar-refractivity contribution < 1.29 is 37.0 Å². The molecule has 3 unspecified atom stereocenters. The zero-order chi connectivity index (χ0) is 29.4. The van der Waals surface area contributed by atoms with Gasteiger partial charge in [-0.2, -0.15) is 13.2 Å². The topological polar surface area (TPSA) is 94.1 Å². The number of amides is 2. The lowest BCUT2D eigenvalue weighted by molar-refractivity contribution is -0.189. The van der Waals surface area contributed by atoms with Crippen LogP contribution in [0.4, 0.5) is 18.0 Å². The van der Waals surface area contributed by atoms with Gasteiger partial charge in [-0.25, -0.2) is 14.8 Å². The van der Waals surface area contributed by atoms with Crippen LogP contribution in [0.3, 0.4) is 0 Å². The predicted molar refractivity (Wildman–Crippen MR) is 141 cm³/mol. The van der Waals surface area contributed by atoms with Crippen LogP contribution in [0.25, 0.3) is 0 Å². The lowest BCUT2D eigenvalue weighted by Crippen LogP contribution is -2.54. The number of alkyl halides is 3. The molecule has 6 atom stereocenters. The van der Waals surface area contributed by atoms with E-state index in [4.69, 9.17) is 14.2 Å². The molecule has 12 heteroatoms. The number of methoxy groups -OCH3 is 2. The number of hydrogen-bond acceptors (Lipinski definition) is 7. The lowest BCUT2D eigenvalue weighted by atomic mass is 9.86. The van der Waals surface area contributed by atoms with Gasteiger partial charge >= 0.3 is 18.2 Å². The van der Waals surface area contributed by atoms with Crippen molar-refractivity contribution >= 4 is 12.0 Å². The number of rotatable bonds is 8. The van der Waals surface area contributed by atoms with Crippen LogP contribution < -0.4 is 4.74 Å². The largest absolute Gasteiger partial charge is 0.497 e. The maximum Gasteiger partial charge on any atom is 0.471 e. The molecule has 0 spiro atoms. The van der Waals surface area contributed by atoms with Gasteiger partial charge in [0, 0.05) is 30.4 Å². The Hall–Kier alpha value is -3.41. The summed E-state index contributed by atoms with van der Waals surface area (Å²) in [6, 6.07) is 6.09. The van der Waals surface area contributed by atoms with E-state index in [1.807, 2.05) is 0 Å². The SMILES string of the molecule is COC(=O)N1[C@H](C)C[C@H](N(Cc2ccc(OC)cc2)C(=O)C(F)(F)F)[C@@H]1COC1CCC2(c3ncccn3)CC2C1. The van der Waals surface area contributed by atoms with Crippen LogP contribution in [0, 0.1) is 5.92 Å². The first-order chi connectivity index (χ1) is 19.6. The fourth-order valence-corrected chi connectivity index (χ4v) is 6.69. The normalized spacial score (nSPS) is 29.0. The van der Waals surface area contributed by atoms with Gasteiger partial charge in [-0.15, -0.1) is 0 Å². The van der Waals surface area contributed by atoms with E-state index in [1.165, 1.54) is 19.1 Å². The van der Waals surface area contributed by atoms with E-state index in [9.17, 15) is 22.8 Å². The minimum atomic E-state index is -5.09. The third-order valence-corrected chi connectivity index (χ3v) is 8.87. The van der Waals surface area contributed by atoms with Gasteiger partial charge in [0.25, 0.3) is 0 Å². The Balaban J connectivity index is 1.34. The van der Waals surface area contributed by atoms with Crippen molar-refractivity contribution in [3.63, 3.8) is 0 Å². The number of hydrogen-bond donors (Lipinski definition) is 0. The Labute approximate surface area is 237 Å². The fraction of sp³-hybridized carbons (Fsp3) is 0.586. The molecule has 222 valence electrons. The Kier molecular flexibility index (Phi) is 8.13. The van der Waals surface area contributed by atoms with E-state index in [0.717, 1.165) is 36.4 Å². The van der Waals surface area contributed by atoms with Gasteiger partial charge in [0.1, 0.15) is 11.6 Å². The van der Waals surface area contributed by atoms with Crippen LogP contribution in [-0.2, 0) is 26.2 Å². The Morgan fingerprint density at radius 2 is 1.83 bits per heavy atom. The van der Waals surface area contributed by atoms with Gasteiger partial charge in [-0.3, -0.25) is 9.69 Å². The summed E-state index contributed by atoms with van der Waals surface area (Å²) in [5.41, 5.74) is 0.477. The molecule has 41 heavy (non-hydrogen) atoms. The second-order valence-corrected chi connectivity index (χ2v) is 11.2. The van der Waals surface area contributed by atoms with Crippen LogP contribution in [0.5, 0.6) is 5.75 Å². The highest BCUT2D eigenvalue weighted by atomic mass is 19.4. The standard InChI is InChI=1S/C29H35F3N4O5/c1-18-13-23(35(26(37)29(30,31)32)16-19-5-7-21(39-2)8-6-19)24(36(18)27(38)40-3)17-41-22-9-10-28(15-20(28)14-22)25-33-11-4-12-34-25/h4-8,11-12,18,20,22-24H,9-10,13-17H2,1-3H3/t18-,20?,22?,23+,24+,28?/m1/s1. The number of halogens is 3. The molecule has 1 aliphatic heterocycles. The molecule has 2 aliphatic carbocycles. The van der Waals surface area contributed by atoms with Crippen LogP contribution >= 0.6 is 0 Å². The van der Waals surface area contributed by atoms with Gasteiger partial charge in [0.15, 0.2) is 0 Å². The van der Waals surface area contributed by atoms with Crippen molar-refractivity contribution in [3.05, 3.63) is 54.1 Å². The maximum absolute atomic E-state index is 13.9. The molecule has 0 radical (unpaired) electrons. The first-order valence-corrected chi connectivity index (χ1v) is 13.8. The van der Waals surface area contributed by atoms with E-state index in [2.05, 4.69) is 9.97 Å². The Bertz CT molecular complexity index is 1230. The molecule has 1 aromatic carbocycles. The van der Waals surface area contributed by atoms with E-state index in [1.54, 1.807) is 49.6 Å². The molecule has 3 aliphatic rings. The van der Waals surface area contributed by atoms with Crippen LogP contribution in [-0.4, -0.2) is 83.0 Å². The van der Waals surface area contributed by atoms with E-state index in [-0.39, 0.29) is 31.1 Å². The third kappa shape index (κ3) is 5.84. The summed E-state index contributed by atoms with van der Waals surface area (Å²) in [4.78, 5) is 36.8. The highest BCUT2D eigenvalue weighted by Crippen LogP contribution is 2.61. The van der Waals surface area contributed by atoms with Crippen molar-refractivity contribution in [2.24, 2.45) is 5.92 Å². The number of nitrogens with zero attached hydrogens (tertiary/aromatic N) is 4. The number of aromatic nitrogens is 2.